The maximum absolute atomic E-state index is 8.38. The molecule has 0 aliphatic carbocycles. The summed E-state index contributed by atoms with van der Waals surface area (Å²) >= 11 is 2.12. The van der Waals surface area contributed by atoms with Gasteiger partial charge in [-0.3, -0.25) is 0 Å². The Bertz CT molecular complexity index is 8.00. The third-order valence-electron chi connectivity index (χ3n) is 0. The van der Waals surface area contributed by atoms with E-state index in [1.165, 1.54) is 0 Å². The molecule has 0 aliphatic rings. The van der Waals surface area contributed by atoms with Gasteiger partial charge < -0.3 is 0 Å². The van der Waals surface area contributed by atoms with E-state index in [2.05, 4.69) is 0 Å². The van der Waals surface area contributed by atoms with Crippen molar-refractivity contribution in [3.8, 4) is 0 Å². The minimum atomic E-state index is 0.125. The fourth-order valence-electron chi connectivity index (χ4n) is 0. The SMILES string of the molecule is [O]=[Fe].[O]=[GeH2]. The first-order valence-electron chi connectivity index (χ1n) is 0.433. The summed E-state index contributed by atoms with van der Waals surface area (Å²) in [6, 6.07) is 0. The molecule has 0 rings (SSSR count). The van der Waals surface area contributed by atoms with Gasteiger partial charge in [0.1, 0.15) is 0 Å². The van der Waals surface area contributed by atoms with Gasteiger partial charge in [-0.1, -0.05) is 0 Å². The van der Waals surface area contributed by atoms with E-state index in [9.17, 15) is 0 Å². The Balaban J connectivity index is 0. The summed E-state index contributed by atoms with van der Waals surface area (Å²) in [5, 5.41) is 0. The second-order valence-electron chi connectivity index (χ2n) is 0. The Labute approximate surface area is 40.4 Å². The molecule has 0 saturated heterocycles. The Kier molecular flexibility index (Phi) is 131. The van der Waals surface area contributed by atoms with Crippen LogP contribution in [0.3, 0.4) is 0 Å². The monoisotopic (exact) mass is 164 g/mol. The summed E-state index contributed by atoms with van der Waals surface area (Å²) < 4.78 is 16.4. The molecule has 0 atom stereocenters. The minimum absolute atomic E-state index is 0.125. The summed E-state index contributed by atoms with van der Waals surface area (Å²) in [6.45, 7) is 0. The van der Waals surface area contributed by atoms with Gasteiger partial charge in [-0.15, -0.1) is 0 Å². The first kappa shape index (κ1) is 8.82. The second kappa shape index (κ2) is 59.2. The van der Waals surface area contributed by atoms with Crippen LogP contribution in [-0.2, 0) is 23.6 Å². The predicted octanol–water partition coefficient (Wildman–Crippen LogP) is -1.16. The van der Waals surface area contributed by atoms with E-state index < -0.39 is 0 Å². The molecule has 0 spiro atoms. The molecule has 26 valence electrons. The van der Waals surface area contributed by atoms with Gasteiger partial charge in [0.2, 0.25) is 0 Å². The molecule has 0 fully saturated rings. The molecule has 0 bridgehead atoms. The normalized spacial score (nSPS) is 2.25. The zero-order valence-corrected chi connectivity index (χ0v) is 5.95. The molecule has 0 amide bonds. The predicted molar refractivity (Wildman–Crippen MR) is 9.92 cm³/mol. The zero-order chi connectivity index (χ0) is 4.00. The molecule has 0 heterocycles. The zero-order valence-electron chi connectivity index (χ0n) is 1.88. The van der Waals surface area contributed by atoms with E-state index in [1.807, 2.05) is 15.9 Å². The standard InChI is InChI=1S/Fe.GeH2O.O/c;1-2;/h;1H2;. The molecular formula is H2FeGeO2. The van der Waals surface area contributed by atoms with Crippen LogP contribution >= 0.6 is 0 Å². The Morgan fingerprint density at radius 1 is 1.25 bits per heavy atom. The van der Waals surface area contributed by atoms with Crippen LogP contribution in [0.1, 0.15) is 0 Å². The molecule has 0 N–H and O–H groups in total. The van der Waals surface area contributed by atoms with E-state index in [-0.39, 0.29) is 16.5 Å². The van der Waals surface area contributed by atoms with Crippen molar-refractivity contribution in [1.29, 1.82) is 0 Å². The van der Waals surface area contributed by atoms with Crippen LogP contribution in [0.25, 0.3) is 0 Å². The average molecular weight is 162 g/mol. The van der Waals surface area contributed by atoms with Gasteiger partial charge >= 0.3 is 40.0 Å². The van der Waals surface area contributed by atoms with E-state index in [0.717, 1.165) is 0 Å². The fraction of sp³-hybridized carbons (Fsp3) is 0. The van der Waals surface area contributed by atoms with Crippen molar-refractivity contribution in [3.63, 3.8) is 0 Å². The van der Waals surface area contributed by atoms with E-state index in [4.69, 9.17) is 7.61 Å². The van der Waals surface area contributed by atoms with Gasteiger partial charge in [0, 0.05) is 0 Å². The Morgan fingerprint density at radius 2 is 1.25 bits per heavy atom. The van der Waals surface area contributed by atoms with Crippen molar-refractivity contribution in [2.45, 2.75) is 0 Å². The molecule has 0 radical (unpaired) electrons. The van der Waals surface area contributed by atoms with Crippen molar-refractivity contribution in [1.82, 2.24) is 0 Å². The van der Waals surface area contributed by atoms with Gasteiger partial charge in [-0.05, 0) is 0 Å². The van der Waals surface area contributed by atoms with Crippen LogP contribution in [0.15, 0.2) is 0 Å². The van der Waals surface area contributed by atoms with Crippen molar-refractivity contribution in [2.24, 2.45) is 0 Å². The van der Waals surface area contributed by atoms with Crippen LogP contribution in [-0.4, -0.2) is 16.5 Å². The number of hydrogen-bond acceptors (Lipinski definition) is 2. The van der Waals surface area contributed by atoms with Crippen LogP contribution < -0.4 is 0 Å². The van der Waals surface area contributed by atoms with Gasteiger partial charge in [-0.25, -0.2) is 0 Å². The van der Waals surface area contributed by atoms with Crippen LogP contribution in [0, 0.1) is 0 Å². The molecular weight excluding hydrogens is 160 g/mol. The molecule has 0 aliphatic heterocycles. The van der Waals surface area contributed by atoms with Gasteiger partial charge in [-0.2, -0.15) is 0 Å². The molecule has 0 aromatic rings. The van der Waals surface area contributed by atoms with Gasteiger partial charge in [0.05, 0.1) is 0 Å². The summed E-state index contributed by atoms with van der Waals surface area (Å²) in [5.74, 6) is 0. The molecule has 2 nitrogen and oxygen atoms in total. The molecule has 0 saturated carbocycles. The van der Waals surface area contributed by atoms with Gasteiger partial charge in [0.15, 0.2) is 0 Å². The fourth-order valence-corrected chi connectivity index (χ4v) is 0. The quantitative estimate of drug-likeness (QED) is 0.421. The summed E-state index contributed by atoms with van der Waals surface area (Å²) in [6.07, 6.45) is 0. The van der Waals surface area contributed by atoms with Crippen molar-refractivity contribution in [3.05, 3.63) is 0 Å². The van der Waals surface area contributed by atoms with Crippen molar-refractivity contribution in [2.75, 3.05) is 0 Å². The summed E-state index contributed by atoms with van der Waals surface area (Å²) in [7, 11) is 0. The first-order valence-corrected chi connectivity index (χ1v) is 2.10. The Morgan fingerprint density at radius 3 is 1.25 bits per heavy atom. The molecule has 0 aromatic heterocycles. The summed E-state index contributed by atoms with van der Waals surface area (Å²) in [4.78, 5) is 0. The molecule has 0 unspecified atom stereocenters. The van der Waals surface area contributed by atoms with Gasteiger partial charge in [0.25, 0.3) is 0 Å². The average Bonchev–Trinajstić information content (AvgIpc) is 1.50. The second-order valence-corrected chi connectivity index (χ2v) is 0. The van der Waals surface area contributed by atoms with E-state index in [0.29, 0.717) is 0 Å². The first-order chi connectivity index (χ1) is 2.00. The van der Waals surface area contributed by atoms with E-state index in [1.54, 1.807) is 0 Å². The molecule has 0 aromatic carbocycles. The van der Waals surface area contributed by atoms with Crippen LogP contribution in [0.2, 0.25) is 0 Å². The number of rotatable bonds is 0. The molecule has 4 heavy (non-hydrogen) atoms. The topological polar surface area (TPSA) is 34.1 Å². The third-order valence-corrected chi connectivity index (χ3v) is 0. The molecule has 4 heteroatoms. The van der Waals surface area contributed by atoms with Crippen LogP contribution in [0.5, 0.6) is 0 Å². The summed E-state index contributed by atoms with van der Waals surface area (Å²) in [5.41, 5.74) is 0. The number of hydrogen-bond donors (Lipinski definition) is 0. The Hall–Kier alpha value is 0.662. The van der Waals surface area contributed by atoms with E-state index >= 15 is 0 Å². The van der Waals surface area contributed by atoms with Crippen molar-refractivity contribution < 1.29 is 23.6 Å². The maximum atomic E-state index is 8.38. The third kappa shape index (κ3) is 16.8. The van der Waals surface area contributed by atoms with Crippen LogP contribution in [0.4, 0.5) is 0 Å². The van der Waals surface area contributed by atoms with Crippen molar-refractivity contribution >= 4 is 16.5 Å².